The van der Waals surface area contributed by atoms with Gasteiger partial charge in [-0.05, 0) is 109 Å². The molecule has 1 heterocycles. The normalized spacial score (nSPS) is 21.1. The molecule has 9 nitrogen and oxygen atoms in total. The van der Waals surface area contributed by atoms with Crippen molar-refractivity contribution in [2.24, 2.45) is 0 Å². The number of carbonyl (C=O) groups excluding carboxylic acids is 1. The maximum atomic E-state index is 13.0. The first-order valence-corrected chi connectivity index (χ1v) is 24.9. The van der Waals surface area contributed by atoms with E-state index in [2.05, 4.69) is 141 Å². The van der Waals surface area contributed by atoms with Crippen LogP contribution in [-0.4, -0.2) is 87.5 Å². The maximum Gasteiger partial charge on any atom is 0.220 e. The Morgan fingerprint density at radius 1 is 0.538 bits per heavy atom. The van der Waals surface area contributed by atoms with Crippen molar-refractivity contribution in [1.29, 1.82) is 0 Å². The van der Waals surface area contributed by atoms with Gasteiger partial charge >= 0.3 is 0 Å². The number of unbranched alkanes of at least 4 members (excludes halogenated alkanes) is 9. The fourth-order valence-corrected chi connectivity index (χ4v) is 6.73. The number of ether oxygens (including phenoxy) is 2. The Kier molecular flexibility index (Phi) is 40.3. The second-order valence-electron chi connectivity index (χ2n) is 16.5. The zero-order valence-electron chi connectivity index (χ0n) is 40.2. The van der Waals surface area contributed by atoms with E-state index in [1.807, 2.05) is 6.08 Å². The fraction of sp³-hybridized carbons (Fsp3) is 0.589. The molecule has 6 N–H and O–H groups in total. The van der Waals surface area contributed by atoms with Gasteiger partial charge in [-0.15, -0.1) is 0 Å². The van der Waals surface area contributed by atoms with Crippen LogP contribution in [0.3, 0.4) is 0 Å². The summed E-state index contributed by atoms with van der Waals surface area (Å²) in [6.07, 6.45) is 60.7. The van der Waals surface area contributed by atoms with Crippen LogP contribution >= 0.6 is 0 Å². The third-order valence-electron chi connectivity index (χ3n) is 10.7. The number of carbonyl (C=O) groups is 1. The standard InChI is InChI=1S/C56H89NO8/c1-3-5-7-9-11-13-15-17-18-19-20-21-22-23-24-25-26-27-28-29-30-31-32-34-36-38-40-42-44-46-52(60)57-49(48-64-56-55(63)54(62)53(61)51(47-58)65-56)50(59)45-43-41-39-37-35-33-16-14-12-10-8-6-4-2/h5,7,11-14,17-18,20-21,23-24,26-27,29-30,32,34-35,37,43,45,49-51,53-56,58-59,61-63H,3-4,6,8-10,15-16,19,22,25,28,31,33,36,38-42,44,46-48H2,1-2H3,(H,57,60)/b7-5-,13-11-,14-12+,18-17-,21-20-,24-23-,27-26-,30-29-,34-32-,37-35+,45-43+. The fourth-order valence-electron chi connectivity index (χ4n) is 6.73. The van der Waals surface area contributed by atoms with Crippen LogP contribution < -0.4 is 5.32 Å². The molecule has 0 radical (unpaired) electrons. The van der Waals surface area contributed by atoms with Gasteiger partial charge in [0.15, 0.2) is 6.29 Å². The predicted molar refractivity (Wildman–Crippen MR) is 271 cm³/mol. The van der Waals surface area contributed by atoms with Gasteiger partial charge in [0.1, 0.15) is 24.4 Å². The predicted octanol–water partition coefficient (Wildman–Crippen LogP) is 11.4. The summed E-state index contributed by atoms with van der Waals surface area (Å²) in [4.78, 5) is 13.0. The minimum absolute atomic E-state index is 0.224. The molecular weight excluding hydrogens is 815 g/mol. The van der Waals surface area contributed by atoms with E-state index in [1.54, 1.807) is 6.08 Å². The molecule has 0 spiro atoms. The highest BCUT2D eigenvalue weighted by Gasteiger charge is 2.44. The van der Waals surface area contributed by atoms with Crippen LogP contribution in [0.2, 0.25) is 0 Å². The number of hydrogen-bond donors (Lipinski definition) is 6. The highest BCUT2D eigenvalue weighted by atomic mass is 16.7. The van der Waals surface area contributed by atoms with Gasteiger partial charge < -0.3 is 40.3 Å². The van der Waals surface area contributed by atoms with E-state index < -0.39 is 49.5 Å². The summed E-state index contributed by atoms with van der Waals surface area (Å²) in [6, 6.07) is -0.851. The molecule has 366 valence electrons. The van der Waals surface area contributed by atoms with Crippen molar-refractivity contribution in [3.05, 3.63) is 134 Å². The molecule has 7 atom stereocenters. The maximum absolute atomic E-state index is 13.0. The van der Waals surface area contributed by atoms with Gasteiger partial charge in [-0.25, -0.2) is 0 Å². The number of rotatable bonds is 39. The SMILES string of the molecule is CC/C=C\C/C=C\C/C=C\C/C=C\C/C=C\C/C=C\C/C=C\C/C=C\CCCCCCC(=O)NC(COC1OC(CO)C(O)C(O)C1O)C(O)/C=C/CC/C=C/CC/C=C/CCCCC. The largest absolute Gasteiger partial charge is 0.394 e. The Balaban J connectivity index is 2.33. The Labute approximate surface area is 394 Å². The molecular formula is C56H89NO8. The van der Waals surface area contributed by atoms with Crippen LogP contribution in [0.4, 0.5) is 0 Å². The molecule has 0 aromatic carbocycles. The van der Waals surface area contributed by atoms with E-state index in [-0.39, 0.29) is 12.5 Å². The molecule has 0 bridgehead atoms. The van der Waals surface area contributed by atoms with Gasteiger partial charge in [-0.1, -0.05) is 173 Å². The van der Waals surface area contributed by atoms with Crippen LogP contribution in [0.25, 0.3) is 0 Å². The summed E-state index contributed by atoms with van der Waals surface area (Å²) >= 11 is 0. The first-order valence-electron chi connectivity index (χ1n) is 24.9. The van der Waals surface area contributed by atoms with Crippen molar-refractivity contribution >= 4 is 5.91 Å². The van der Waals surface area contributed by atoms with Gasteiger partial charge in [-0.3, -0.25) is 4.79 Å². The van der Waals surface area contributed by atoms with E-state index in [0.29, 0.717) is 19.3 Å². The molecule has 65 heavy (non-hydrogen) atoms. The lowest BCUT2D eigenvalue weighted by Gasteiger charge is -2.40. The summed E-state index contributed by atoms with van der Waals surface area (Å²) in [6.45, 7) is 3.56. The van der Waals surface area contributed by atoms with Crippen LogP contribution in [0.5, 0.6) is 0 Å². The number of aliphatic hydroxyl groups excluding tert-OH is 5. The summed E-state index contributed by atoms with van der Waals surface area (Å²) < 4.78 is 11.2. The van der Waals surface area contributed by atoms with Gasteiger partial charge in [0.2, 0.25) is 5.91 Å². The molecule has 1 rings (SSSR count). The second kappa shape index (κ2) is 44.2. The van der Waals surface area contributed by atoms with Crippen LogP contribution in [-0.2, 0) is 14.3 Å². The molecule has 0 saturated carbocycles. The lowest BCUT2D eigenvalue weighted by molar-refractivity contribution is -0.302. The third-order valence-corrected chi connectivity index (χ3v) is 10.7. The van der Waals surface area contributed by atoms with Crippen molar-refractivity contribution in [1.82, 2.24) is 5.32 Å². The van der Waals surface area contributed by atoms with Gasteiger partial charge in [0.05, 0.1) is 25.4 Å². The molecule has 0 aromatic rings. The molecule has 1 amide bonds. The summed E-state index contributed by atoms with van der Waals surface area (Å²) in [5.74, 6) is -0.224. The Hall–Kier alpha value is -3.67. The zero-order valence-corrected chi connectivity index (χ0v) is 40.2. The van der Waals surface area contributed by atoms with Gasteiger partial charge in [0, 0.05) is 6.42 Å². The molecule has 0 aromatic heterocycles. The van der Waals surface area contributed by atoms with E-state index in [9.17, 15) is 30.3 Å². The van der Waals surface area contributed by atoms with Crippen molar-refractivity contribution in [3.8, 4) is 0 Å². The van der Waals surface area contributed by atoms with Crippen LogP contribution in [0.1, 0.15) is 155 Å². The van der Waals surface area contributed by atoms with Crippen molar-refractivity contribution in [2.45, 2.75) is 198 Å². The summed E-state index contributed by atoms with van der Waals surface area (Å²) in [5, 5.41) is 54.2. The van der Waals surface area contributed by atoms with E-state index in [1.165, 1.54) is 19.3 Å². The lowest BCUT2D eigenvalue weighted by atomic mass is 9.99. The number of hydrogen-bond acceptors (Lipinski definition) is 8. The van der Waals surface area contributed by atoms with Gasteiger partial charge in [-0.2, -0.15) is 0 Å². The molecule has 1 fully saturated rings. The van der Waals surface area contributed by atoms with Gasteiger partial charge in [0.25, 0.3) is 0 Å². The van der Waals surface area contributed by atoms with Crippen LogP contribution in [0, 0.1) is 0 Å². The Morgan fingerprint density at radius 2 is 0.969 bits per heavy atom. The monoisotopic (exact) mass is 904 g/mol. The quantitative estimate of drug-likeness (QED) is 0.0264. The van der Waals surface area contributed by atoms with Crippen molar-refractivity contribution in [3.63, 3.8) is 0 Å². The topological polar surface area (TPSA) is 149 Å². The molecule has 7 unspecified atom stereocenters. The molecule has 0 aliphatic carbocycles. The first kappa shape index (κ1) is 59.3. The van der Waals surface area contributed by atoms with Crippen molar-refractivity contribution in [2.75, 3.05) is 13.2 Å². The number of allylic oxidation sites excluding steroid dienone is 21. The lowest BCUT2D eigenvalue weighted by Crippen LogP contribution is -2.60. The minimum Gasteiger partial charge on any atom is -0.394 e. The Bertz CT molecular complexity index is 1470. The smallest absolute Gasteiger partial charge is 0.220 e. The first-order chi connectivity index (χ1) is 31.8. The highest BCUT2D eigenvalue weighted by Crippen LogP contribution is 2.22. The second-order valence-corrected chi connectivity index (χ2v) is 16.5. The zero-order chi connectivity index (χ0) is 47.3. The summed E-state index contributed by atoms with van der Waals surface area (Å²) in [5.41, 5.74) is 0. The molecule has 1 aliphatic rings. The molecule has 9 heteroatoms. The summed E-state index contributed by atoms with van der Waals surface area (Å²) in [7, 11) is 0. The van der Waals surface area contributed by atoms with E-state index >= 15 is 0 Å². The average Bonchev–Trinajstić information content (AvgIpc) is 3.31. The number of nitrogens with one attached hydrogen (secondary N) is 1. The number of aliphatic hydroxyl groups is 5. The van der Waals surface area contributed by atoms with E-state index in [4.69, 9.17) is 9.47 Å². The molecule has 1 aliphatic heterocycles. The van der Waals surface area contributed by atoms with Crippen LogP contribution in [0.15, 0.2) is 134 Å². The minimum atomic E-state index is -1.59. The third kappa shape index (κ3) is 34.3. The average molecular weight is 904 g/mol. The highest BCUT2D eigenvalue weighted by molar-refractivity contribution is 5.76. The van der Waals surface area contributed by atoms with E-state index in [0.717, 1.165) is 103 Å². The Morgan fingerprint density at radius 3 is 1.46 bits per heavy atom. The number of amides is 1. The van der Waals surface area contributed by atoms with Crippen molar-refractivity contribution < 1.29 is 39.8 Å². The molecule has 1 saturated heterocycles.